The van der Waals surface area contributed by atoms with E-state index in [-0.39, 0.29) is 0 Å². The minimum atomic E-state index is 0.710. The second-order valence-electron chi connectivity index (χ2n) is 9.98. The summed E-state index contributed by atoms with van der Waals surface area (Å²) in [6.45, 7) is 3.50. The predicted molar refractivity (Wildman–Crippen MR) is 155 cm³/mol. The van der Waals surface area contributed by atoms with E-state index in [1.165, 1.54) is 0 Å². The van der Waals surface area contributed by atoms with Crippen molar-refractivity contribution in [2.45, 2.75) is 39.0 Å². The van der Waals surface area contributed by atoms with Gasteiger partial charge < -0.3 is 11.5 Å². The van der Waals surface area contributed by atoms with Gasteiger partial charge in [-0.1, -0.05) is 10.2 Å². The van der Waals surface area contributed by atoms with Crippen molar-refractivity contribution in [3.63, 3.8) is 0 Å². The van der Waals surface area contributed by atoms with E-state index in [0.717, 1.165) is 62.3 Å². The maximum absolute atomic E-state index is 5.76. The number of nitrogens with two attached hydrogens (primary N) is 2. The lowest BCUT2D eigenvalue weighted by molar-refractivity contribution is -0.697. The molecule has 41 heavy (non-hydrogen) atoms. The number of nitrogens with zero attached hydrogens (tertiary/aromatic N) is 10. The fourth-order valence-electron chi connectivity index (χ4n) is 4.48. The highest BCUT2D eigenvalue weighted by Gasteiger charge is 2.16. The molecule has 5 aromatic rings. The van der Waals surface area contributed by atoms with Crippen molar-refractivity contribution in [2.24, 2.45) is 34.6 Å². The highest BCUT2D eigenvalue weighted by atomic mass is 15.3. The molecule has 3 heterocycles. The Balaban J connectivity index is 1.10. The van der Waals surface area contributed by atoms with Gasteiger partial charge >= 0.3 is 11.9 Å². The number of nitrogen functional groups attached to an aromatic ring is 2. The number of imidazole rings is 3. The summed E-state index contributed by atoms with van der Waals surface area (Å²) in [4.78, 5) is 0. The van der Waals surface area contributed by atoms with Crippen LogP contribution in [-0.4, -0.2) is 13.7 Å². The summed E-state index contributed by atoms with van der Waals surface area (Å²) < 4.78 is 12.6. The zero-order chi connectivity index (χ0) is 28.6. The van der Waals surface area contributed by atoms with Crippen LogP contribution in [0.1, 0.15) is 12.8 Å². The minimum absolute atomic E-state index is 0.710. The van der Waals surface area contributed by atoms with Gasteiger partial charge in [-0.15, -0.1) is 0 Å². The maximum atomic E-state index is 5.76. The Morgan fingerprint density at radius 1 is 0.610 bits per heavy atom. The van der Waals surface area contributed by atoms with Crippen LogP contribution in [0, 0.1) is 0 Å². The molecule has 2 aromatic carbocycles. The lowest BCUT2D eigenvalue weighted by Crippen LogP contribution is -2.32. The van der Waals surface area contributed by atoms with E-state index in [1.54, 1.807) is 0 Å². The molecule has 12 heteroatoms. The highest BCUT2D eigenvalue weighted by molar-refractivity contribution is 5.48. The van der Waals surface area contributed by atoms with Gasteiger partial charge in [0.15, 0.2) is 0 Å². The summed E-state index contributed by atoms with van der Waals surface area (Å²) in [5.41, 5.74) is 14.5. The van der Waals surface area contributed by atoms with Crippen molar-refractivity contribution in [2.75, 3.05) is 11.5 Å². The molecule has 0 saturated heterocycles. The molecule has 0 amide bonds. The van der Waals surface area contributed by atoms with Gasteiger partial charge in [0.25, 0.3) is 0 Å². The van der Waals surface area contributed by atoms with Crippen molar-refractivity contribution >= 4 is 34.6 Å². The first kappa shape index (κ1) is 27.4. The zero-order valence-corrected chi connectivity index (χ0v) is 23.5. The van der Waals surface area contributed by atoms with Crippen LogP contribution in [0.25, 0.3) is 0 Å². The molecule has 0 fully saturated rings. The standard InChI is InChI=1S/C29H35N12/c1-36-17-21-40(28(36)34-32-26-9-5-24(30)6-10-26)15-3-13-38-19-20-39(23-38)14-4-16-41-22-18-37(2)29(41)35-33-27-11-7-25(31)8-12-27/h5-12,17-23,30-31H,3-4,13-16H2,1-2H3/q+1/p+2. The summed E-state index contributed by atoms with van der Waals surface area (Å²) in [5, 5.41) is 17.7. The molecule has 0 bridgehead atoms. The van der Waals surface area contributed by atoms with E-state index in [2.05, 4.69) is 57.4 Å². The number of anilines is 2. The quantitative estimate of drug-likeness (QED) is 0.136. The van der Waals surface area contributed by atoms with Gasteiger partial charge in [-0.3, -0.25) is 0 Å². The molecule has 0 unspecified atom stereocenters. The van der Waals surface area contributed by atoms with Gasteiger partial charge in [0, 0.05) is 34.4 Å². The Morgan fingerprint density at radius 2 is 1.12 bits per heavy atom. The van der Waals surface area contributed by atoms with E-state index in [1.807, 2.05) is 96.5 Å². The van der Waals surface area contributed by atoms with Crippen LogP contribution in [-0.2, 0) is 40.3 Å². The molecule has 0 radical (unpaired) electrons. The Kier molecular flexibility index (Phi) is 8.58. The topological polar surface area (TPSA) is 128 Å². The minimum Gasteiger partial charge on any atom is -0.399 e. The predicted octanol–water partition coefficient (Wildman–Crippen LogP) is 4.20. The molecular formula is C29H37N12+3. The van der Waals surface area contributed by atoms with Crippen molar-refractivity contribution in [3.8, 4) is 0 Å². The molecule has 0 spiro atoms. The molecule has 12 nitrogen and oxygen atoms in total. The van der Waals surface area contributed by atoms with Crippen molar-refractivity contribution in [3.05, 3.63) is 92.0 Å². The molecule has 0 aliphatic carbocycles. The number of aromatic nitrogens is 6. The van der Waals surface area contributed by atoms with Gasteiger partial charge in [-0.25, -0.2) is 27.4 Å². The molecule has 210 valence electrons. The Hall–Kier alpha value is -5.13. The van der Waals surface area contributed by atoms with Crippen LogP contribution in [0.15, 0.2) is 112 Å². The smallest absolute Gasteiger partial charge is 0.399 e. The average molecular weight is 554 g/mol. The van der Waals surface area contributed by atoms with Gasteiger partial charge in [0.1, 0.15) is 23.8 Å². The second kappa shape index (κ2) is 12.8. The van der Waals surface area contributed by atoms with E-state index in [0.29, 0.717) is 11.4 Å². The van der Waals surface area contributed by atoms with Crippen LogP contribution in [0.2, 0.25) is 0 Å². The fraction of sp³-hybridized carbons (Fsp3) is 0.276. The van der Waals surface area contributed by atoms with Gasteiger partial charge in [0.2, 0.25) is 6.33 Å². The zero-order valence-electron chi connectivity index (χ0n) is 23.5. The Bertz CT molecular complexity index is 1500. The monoisotopic (exact) mass is 553 g/mol. The Morgan fingerprint density at radius 3 is 1.66 bits per heavy atom. The highest BCUT2D eigenvalue weighted by Crippen LogP contribution is 2.19. The molecule has 5 rings (SSSR count). The van der Waals surface area contributed by atoms with Crippen LogP contribution >= 0.6 is 0 Å². The maximum Gasteiger partial charge on any atom is 0.421 e. The van der Waals surface area contributed by atoms with Crippen molar-refractivity contribution in [1.82, 2.24) is 13.7 Å². The molecule has 3 aromatic heterocycles. The molecule has 0 aliphatic heterocycles. The largest absolute Gasteiger partial charge is 0.421 e. The summed E-state index contributed by atoms with van der Waals surface area (Å²) in [5.74, 6) is 1.60. The summed E-state index contributed by atoms with van der Waals surface area (Å²) in [7, 11) is 3.95. The van der Waals surface area contributed by atoms with Crippen LogP contribution in [0.5, 0.6) is 0 Å². The third-order valence-electron chi connectivity index (χ3n) is 6.76. The van der Waals surface area contributed by atoms with E-state index < -0.39 is 0 Å². The second-order valence-corrected chi connectivity index (χ2v) is 9.98. The molecular weight excluding hydrogens is 516 g/mol. The lowest BCUT2D eigenvalue weighted by Gasteiger charge is -1.99. The number of aryl methyl sites for hydroxylation is 6. The third-order valence-corrected chi connectivity index (χ3v) is 6.76. The summed E-state index contributed by atoms with van der Waals surface area (Å²) >= 11 is 0. The summed E-state index contributed by atoms with van der Waals surface area (Å²) in [6.07, 6.45) is 16.4. The van der Waals surface area contributed by atoms with Gasteiger partial charge in [0.05, 0.1) is 65.1 Å². The SMILES string of the molecule is C[n+]1ccn(CCCn2cc[n+](CCCn3cc[n+](C)c3N=Nc3ccc(N)cc3)c2)c1N=Nc1ccc(N)cc1. The van der Waals surface area contributed by atoms with E-state index >= 15 is 0 Å². The first-order valence-electron chi connectivity index (χ1n) is 13.6. The lowest BCUT2D eigenvalue weighted by atomic mass is 10.3. The third kappa shape index (κ3) is 7.29. The molecule has 0 saturated carbocycles. The fourth-order valence-corrected chi connectivity index (χ4v) is 4.48. The average Bonchev–Trinajstić information content (AvgIpc) is 3.67. The normalized spacial score (nSPS) is 11.8. The first-order chi connectivity index (χ1) is 19.9. The summed E-state index contributed by atoms with van der Waals surface area (Å²) in [6, 6.07) is 14.7. The molecule has 0 atom stereocenters. The number of rotatable bonds is 12. The van der Waals surface area contributed by atoms with E-state index in [4.69, 9.17) is 11.5 Å². The Labute approximate surface area is 239 Å². The van der Waals surface area contributed by atoms with Crippen LogP contribution in [0.3, 0.4) is 0 Å². The van der Waals surface area contributed by atoms with Crippen LogP contribution in [0.4, 0.5) is 34.6 Å². The van der Waals surface area contributed by atoms with Crippen molar-refractivity contribution < 1.29 is 13.7 Å². The van der Waals surface area contributed by atoms with Crippen LogP contribution < -0.4 is 25.2 Å². The molecule has 0 aliphatic rings. The number of benzene rings is 2. The number of hydrogen-bond acceptors (Lipinski definition) is 6. The molecule has 4 N–H and O–H groups in total. The number of azo groups is 2. The van der Waals surface area contributed by atoms with Gasteiger partial charge in [-0.2, -0.15) is 0 Å². The van der Waals surface area contributed by atoms with Crippen molar-refractivity contribution in [1.29, 1.82) is 0 Å². The first-order valence-corrected chi connectivity index (χ1v) is 13.6. The van der Waals surface area contributed by atoms with E-state index in [9.17, 15) is 0 Å². The number of hydrogen-bond donors (Lipinski definition) is 2. The van der Waals surface area contributed by atoms with Gasteiger partial charge in [-0.05, 0) is 48.5 Å².